The van der Waals surface area contributed by atoms with E-state index in [0.717, 1.165) is 22.9 Å². The Labute approximate surface area is 166 Å². The summed E-state index contributed by atoms with van der Waals surface area (Å²) in [6.07, 6.45) is -9.26. The van der Waals surface area contributed by atoms with E-state index in [4.69, 9.17) is 21.9 Å². The zero-order valence-electron chi connectivity index (χ0n) is 14.5. The number of ether oxygens (including phenoxy) is 1. The van der Waals surface area contributed by atoms with Crippen LogP contribution in [0.15, 0.2) is 35.6 Å². The SMILES string of the molecule is [N-]=[N+]=N[C@@H]1C(O)[C@H](c2ccnn2-c2cc(Cl)ccc2C(F)(F)F)OC(CO)[C@@H]1O. The van der Waals surface area contributed by atoms with Crippen LogP contribution in [0, 0.1) is 0 Å². The normalized spacial score (nSPS) is 27.5. The minimum atomic E-state index is -4.72. The third-order valence-electron chi connectivity index (χ3n) is 4.53. The standard InChI is InChI=1S/C16H15ClF3N5O4/c17-7-1-2-8(16(18,19)20)10(5-7)25-9(3-4-22-25)15-14(28)12(23-24-21)13(27)11(6-26)29-15/h1-5,11-15,26-28H,6H2/t11?,12-,13-,14?,15-/m0/s1. The zero-order chi connectivity index (χ0) is 21.3. The van der Waals surface area contributed by atoms with Gasteiger partial charge in [-0.2, -0.15) is 18.3 Å². The van der Waals surface area contributed by atoms with Gasteiger partial charge in [0, 0.05) is 16.1 Å². The number of hydrogen-bond acceptors (Lipinski definition) is 6. The number of benzene rings is 1. The van der Waals surface area contributed by atoms with Gasteiger partial charge in [-0.15, -0.1) is 0 Å². The Hall–Kier alpha value is -2.34. The Morgan fingerprint density at radius 2 is 2.00 bits per heavy atom. The molecule has 0 spiro atoms. The molecule has 2 heterocycles. The van der Waals surface area contributed by atoms with Crippen molar-refractivity contribution in [2.45, 2.75) is 36.6 Å². The van der Waals surface area contributed by atoms with Crippen molar-refractivity contribution in [3.05, 3.63) is 57.2 Å². The van der Waals surface area contributed by atoms with Crippen molar-refractivity contribution >= 4 is 11.6 Å². The van der Waals surface area contributed by atoms with Gasteiger partial charge in [-0.3, -0.25) is 0 Å². The second-order valence-electron chi connectivity index (χ2n) is 6.28. The summed E-state index contributed by atoms with van der Waals surface area (Å²) < 4.78 is 46.8. The number of alkyl halides is 3. The van der Waals surface area contributed by atoms with E-state index in [2.05, 4.69) is 15.1 Å². The summed E-state index contributed by atoms with van der Waals surface area (Å²) in [6.45, 7) is -0.680. The average molecular weight is 434 g/mol. The summed E-state index contributed by atoms with van der Waals surface area (Å²) in [5.74, 6) is 0. The van der Waals surface area contributed by atoms with Gasteiger partial charge < -0.3 is 20.1 Å². The molecule has 2 aromatic rings. The van der Waals surface area contributed by atoms with Crippen LogP contribution in [0.5, 0.6) is 0 Å². The van der Waals surface area contributed by atoms with Crippen molar-refractivity contribution < 1.29 is 33.2 Å². The maximum Gasteiger partial charge on any atom is 0.418 e. The van der Waals surface area contributed by atoms with Crippen LogP contribution in [-0.2, 0) is 10.9 Å². The molecule has 5 atom stereocenters. The predicted octanol–water partition coefficient (Wildman–Crippen LogP) is 2.38. The fourth-order valence-corrected chi connectivity index (χ4v) is 3.36. The summed E-state index contributed by atoms with van der Waals surface area (Å²) >= 11 is 5.87. The molecule has 2 unspecified atom stereocenters. The van der Waals surface area contributed by atoms with Gasteiger partial charge in [-0.1, -0.05) is 16.7 Å². The summed E-state index contributed by atoms with van der Waals surface area (Å²) in [5.41, 5.74) is 7.24. The topological polar surface area (TPSA) is 136 Å². The molecule has 3 N–H and O–H groups in total. The van der Waals surface area contributed by atoms with Crippen LogP contribution in [0.2, 0.25) is 5.02 Å². The van der Waals surface area contributed by atoms with Gasteiger partial charge in [-0.25, -0.2) is 4.68 Å². The number of rotatable bonds is 4. The molecule has 156 valence electrons. The number of aliphatic hydroxyl groups is 3. The molecule has 0 saturated carbocycles. The van der Waals surface area contributed by atoms with Crippen molar-refractivity contribution in [3.8, 4) is 5.69 Å². The van der Waals surface area contributed by atoms with E-state index in [1.807, 2.05) is 0 Å². The van der Waals surface area contributed by atoms with Gasteiger partial charge in [0.15, 0.2) is 0 Å². The van der Waals surface area contributed by atoms with E-state index in [1.54, 1.807) is 0 Å². The number of aliphatic hydroxyl groups excluding tert-OH is 3. The van der Waals surface area contributed by atoms with Crippen LogP contribution in [0.25, 0.3) is 16.1 Å². The van der Waals surface area contributed by atoms with Crippen LogP contribution < -0.4 is 0 Å². The lowest BCUT2D eigenvalue weighted by molar-refractivity contribution is -0.192. The second-order valence-corrected chi connectivity index (χ2v) is 6.72. The summed E-state index contributed by atoms with van der Waals surface area (Å²) in [6, 6.07) is 2.83. The van der Waals surface area contributed by atoms with E-state index < -0.39 is 54.5 Å². The molecule has 1 aliphatic rings. The molecule has 29 heavy (non-hydrogen) atoms. The van der Waals surface area contributed by atoms with E-state index in [1.165, 1.54) is 12.3 Å². The van der Waals surface area contributed by atoms with E-state index in [0.29, 0.717) is 0 Å². The molecule has 1 aromatic carbocycles. The van der Waals surface area contributed by atoms with Crippen molar-refractivity contribution in [1.82, 2.24) is 9.78 Å². The van der Waals surface area contributed by atoms with Crippen LogP contribution in [0.3, 0.4) is 0 Å². The van der Waals surface area contributed by atoms with Crippen LogP contribution in [-0.4, -0.2) is 56.1 Å². The number of hydrogen-bond donors (Lipinski definition) is 3. The number of aromatic nitrogens is 2. The molecule has 9 nitrogen and oxygen atoms in total. The van der Waals surface area contributed by atoms with Crippen LogP contribution >= 0.6 is 11.6 Å². The van der Waals surface area contributed by atoms with Gasteiger partial charge in [-0.05, 0) is 29.8 Å². The lowest BCUT2D eigenvalue weighted by Crippen LogP contribution is -2.54. The van der Waals surface area contributed by atoms with Crippen molar-refractivity contribution in [1.29, 1.82) is 0 Å². The van der Waals surface area contributed by atoms with Crippen molar-refractivity contribution in [2.24, 2.45) is 5.11 Å². The maximum atomic E-state index is 13.5. The Morgan fingerprint density at radius 3 is 2.62 bits per heavy atom. The Bertz CT molecular complexity index is 934. The smallest absolute Gasteiger partial charge is 0.394 e. The van der Waals surface area contributed by atoms with Gasteiger partial charge in [0.25, 0.3) is 0 Å². The highest BCUT2D eigenvalue weighted by atomic mass is 35.5. The van der Waals surface area contributed by atoms with Crippen LogP contribution in [0.1, 0.15) is 17.4 Å². The molecular weight excluding hydrogens is 419 g/mol. The lowest BCUT2D eigenvalue weighted by Gasteiger charge is -2.40. The van der Waals surface area contributed by atoms with Gasteiger partial charge in [0.2, 0.25) is 0 Å². The Balaban J connectivity index is 2.11. The average Bonchev–Trinajstić information content (AvgIpc) is 3.13. The molecule has 0 radical (unpaired) electrons. The molecule has 0 amide bonds. The first-order valence-corrected chi connectivity index (χ1v) is 8.64. The minimum absolute atomic E-state index is 0.0197. The second kappa shape index (κ2) is 8.19. The predicted molar refractivity (Wildman–Crippen MR) is 93.2 cm³/mol. The zero-order valence-corrected chi connectivity index (χ0v) is 15.2. The highest BCUT2D eigenvalue weighted by Crippen LogP contribution is 2.38. The fraction of sp³-hybridized carbons (Fsp3) is 0.438. The minimum Gasteiger partial charge on any atom is -0.394 e. The monoisotopic (exact) mass is 433 g/mol. The molecule has 1 aliphatic heterocycles. The van der Waals surface area contributed by atoms with E-state index in [-0.39, 0.29) is 10.7 Å². The van der Waals surface area contributed by atoms with Gasteiger partial charge >= 0.3 is 6.18 Å². The van der Waals surface area contributed by atoms with Crippen molar-refractivity contribution in [2.75, 3.05) is 6.61 Å². The highest BCUT2D eigenvalue weighted by molar-refractivity contribution is 6.30. The summed E-state index contributed by atoms with van der Waals surface area (Å²) in [7, 11) is 0. The molecule has 1 fully saturated rings. The first-order valence-electron chi connectivity index (χ1n) is 8.26. The van der Waals surface area contributed by atoms with Gasteiger partial charge in [0.1, 0.15) is 12.2 Å². The molecule has 0 bridgehead atoms. The quantitative estimate of drug-likeness (QED) is 0.386. The van der Waals surface area contributed by atoms with E-state index in [9.17, 15) is 28.5 Å². The third-order valence-corrected chi connectivity index (χ3v) is 4.77. The van der Waals surface area contributed by atoms with Crippen LogP contribution in [0.4, 0.5) is 13.2 Å². The number of nitrogens with zero attached hydrogens (tertiary/aromatic N) is 5. The molecule has 13 heteroatoms. The first kappa shape index (κ1) is 21.4. The highest BCUT2D eigenvalue weighted by Gasteiger charge is 2.46. The third kappa shape index (κ3) is 4.04. The molecule has 3 rings (SSSR count). The Kier molecular flexibility index (Phi) is 6.03. The molecule has 1 saturated heterocycles. The van der Waals surface area contributed by atoms with E-state index >= 15 is 0 Å². The Morgan fingerprint density at radius 1 is 1.28 bits per heavy atom. The molecule has 1 aromatic heterocycles. The first-order chi connectivity index (χ1) is 13.7. The molecule has 0 aliphatic carbocycles. The summed E-state index contributed by atoms with van der Waals surface area (Å²) in [4.78, 5) is 2.56. The molecular formula is C16H15ClF3N5O4. The number of azide groups is 1. The number of halogens is 4. The lowest BCUT2D eigenvalue weighted by atomic mass is 9.91. The fourth-order valence-electron chi connectivity index (χ4n) is 3.19. The van der Waals surface area contributed by atoms with Crippen molar-refractivity contribution in [3.63, 3.8) is 0 Å². The largest absolute Gasteiger partial charge is 0.418 e. The summed E-state index contributed by atoms with van der Waals surface area (Å²) in [5, 5.41) is 37.4. The van der Waals surface area contributed by atoms with Gasteiger partial charge in [0.05, 0.1) is 41.8 Å². The maximum absolute atomic E-state index is 13.5.